The lowest BCUT2D eigenvalue weighted by molar-refractivity contribution is -0.0231. The molecule has 2 heteroatoms. The molecule has 0 amide bonds. The summed E-state index contributed by atoms with van der Waals surface area (Å²) in [7, 11) is 1.72. The van der Waals surface area contributed by atoms with Crippen LogP contribution in [-0.2, 0) is 9.47 Å². The van der Waals surface area contributed by atoms with Gasteiger partial charge in [-0.1, -0.05) is 12.2 Å². The van der Waals surface area contributed by atoms with Crippen LogP contribution < -0.4 is 0 Å². The third-order valence-corrected chi connectivity index (χ3v) is 2.24. The topological polar surface area (TPSA) is 18.5 Å². The third kappa shape index (κ3) is 0.796. The van der Waals surface area contributed by atoms with Crippen LogP contribution in [0.1, 0.15) is 12.8 Å². The molecule has 0 aromatic rings. The predicted octanol–water partition coefficient (Wildman–Crippen LogP) is 1.12. The van der Waals surface area contributed by atoms with Crippen LogP contribution in [0.3, 0.4) is 0 Å². The highest BCUT2D eigenvalue weighted by Crippen LogP contribution is 2.37. The van der Waals surface area contributed by atoms with Crippen molar-refractivity contribution in [3.8, 4) is 0 Å². The first-order valence-corrected chi connectivity index (χ1v) is 3.71. The molecule has 56 valence electrons. The molecule has 1 fully saturated rings. The van der Waals surface area contributed by atoms with Crippen molar-refractivity contribution in [3.05, 3.63) is 12.2 Å². The van der Waals surface area contributed by atoms with Gasteiger partial charge in [-0.05, 0) is 12.8 Å². The van der Waals surface area contributed by atoms with Crippen molar-refractivity contribution in [2.45, 2.75) is 24.5 Å². The van der Waals surface area contributed by atoms with Crippen LogP contribution in [0.4, 0.5) is 0 Å². The zero-order chi connectivity index (χ0) is 7.03. The van der Waals surface area contributed by atoms with E-state index < -0.39 is 0 Å². The summed E-state index contributed by atoms with van der Waals surface area (Å²) in [6.45, 7) is 0.708. The van der Waals surface area contributed by atoms with Crippen LogP contribution in [0, 0.1) is 0 Å². The van der Waals surface area contributed by atoms with E-state index in [2.05, 4.69) is 12.2 Å². The zero-order valence-corrected chi connectivity index (χ0v) is 6.17. The van der Waals surface area contributed by atoms with Gasteiger partial charge in [-0.2, -0.15) is 0 Å². The van der Waals surface area contributed by atoms with Crippen molar-refractivity contribution >= 4 is 0 Å². The summed E-state index contributed by atoms with van der Waals surface area (Å²) in [4.78, 5) is 0. The monoisotopic (exact) mass is 140 g/mol. The van der Waals surface area contributed by atoms with Crippen LogP contribution >= 0.6 is 0 Å². The maximum Gasteiger partial charge on any atom is 0.110 e. The van der Waals surface area contributed by atoms with Crippen molar-refractivity contribution in [1.82, 2.24) is 0 Å². The summed E-state index contributed by atoms with van der Waals surface area (Å²) in [5.74, 6) is 0. The van der Waals surface area contributed by atoms with E-state index in [9.17, 15) is 0 Å². The number of methoxy groups -OCH3 is 1. The average Bonchev–Trinajstić information content (AvgIpc) is 2.46. The molecular formula is C8H12O2. The number of ether oxygens (including phenoxy) is 2. The minimum atomic E-state index is -0.0422. The Hall–Kier alpha value is -0.340. The molecule has 2 unspecified atom stereocenters. The van der Waals surface area contributed by atoms with Crippen LogP contribution in [-0.4, -0.2) is 25.4 Å². The average molecular weight is 140 g/mol. The fourth-order valence-corrected chi connectivity index (χ4v) is 1.75. The number of rotatable bonds is 2. The predicted molar refractivity (Wildman–Crippen MR) is 37.9 cm³/mol. The molecule has 0 spiro atoms. The van der Waals surface area contributed by atoms with Gasteiger partial charge in [-0.25, -0.2) is 0 Å². The molecule has 2 aliphatic heterocycles. The second kappa shape index (κ2) is 2.07. The minimum absolute atomic E-state index is 0.0422. The van der Waals surface area contributed by atoms with Gasteiger partial charge in [0, 0.05) is 7.11 Å². The van der Waals surface area contributed by atoms with Gasteiger partial charge >= 0.3 is 0 Å². The fourth-order valence-electron chi connectivity index (χ4n) is 1.75. The third-order valence-electron chi connectivity index (χ3n) is 2.24. The van der Waals surface area contributed by atoms with Gasteiger partial charge in [0.2, 0.25) is 0 Å². The van der Waals surface area contributed by atoms with Gasteiger partial charge in [-0.15, -0.1) is 0 Å². The Morgan fingerprint density at radius 3 is 3.10 bits per heavy atom. The first kappa shape index (κ1) is 6.38. The Morgan fingerprint density at radius 1 is 1.80 bits per heavy atom. The van der Waals surface area contributed by atoms with Crippen LogP contribution in [0.2, 0.25) is 0 Å². The highest BCUT2D eigenvalue weighted by molar-refractivity contribution is 5.16. The molecule has 10 heavy (non-hydrogen) atoms. The van der Waals surface area contributed by atoms with E-state index in [4.69, 9.17) is 9.47 Å². The van der Waals surface area contributed by atoms with Crippen molar-refractivity contribution < 1.29 is 9.47 Å². The molecule has 2 heterocycles. The molecule has 2 nitrogen and oxygen atoms in total. The van der Waals surface area contributed by atoms with E-state index in [0.29, 0.717) is 12.7 Å². The molecule has 0 saturated carbocycles. The Labute approximate surface area is 60.8 Å². The van der Waals surface area contributed by atoms with Crippen molar-refractivity contribution in [3.63, 3.8) is 0 Å². The van der Waals surface area contributed by atoms with Gasteiger partial charge in [0.1, 0.15) is 5.60 Å². The highest BCUT2D eigenvalue weighted by atomic mass is 16.6. The fraction of sp³-hybridized carbons (Fsp3) is 0.750. The maximum atomic E-state index is 5.66. The van der Waals surface area contributed by atoms with Crippen LogP contribution in [0.5, 0.6) is 0 Å². The summed E-state index contributed by atoms with van der Waals surface area (Å²) < 4.78 is 10.7. The van der Waals surface area contributed by atoms with Crippen LogP contribution in [0.15, 0.2) is 12.2 Å². The molecule has 1 saturated heterocycles. The number of hydrogen-bond acceptors (Lipinski definition) is 2. The first-order valence-electron chi connectivity index (χ1n) is 3.71. The van der Waals surface area contributed by atoms with E-state index in [1.165, 1.54) is 6.42 Å². The molecule has 0 N–H and O–H groups in total. The van der Waals surface area contributed by atoms with Gasteiger partial charge in [-0.3, -0.25) is 0 Å². The molecule has 2 atom stereocenters. The Bertz CT molecular complexity index is 165. The summed E-state index contributed by atoms with van der Waals surface area (Å²) in [6.07, 6.45) is 6.96. The summed E-state index contributed by atoms with van der Waals surface area (Å²) in [5, 5.41) is 0. The molecule has 2 bridgehead atoms. The highest BCUT2D eigenvalue weighted by Gasteiger charge is 2.41. The number of hydrogen-bond donors (Lipinski definition) is 0. The second-order valence-electron chi connectivity index (χ2n) is 3.05. The smallest absolute Gasteiger partial charge is 0.110 e. The molecule has 0 aliphatic carbocycles. The van der Waals surface area contributed by atoms with Gasteiger partial charge in [0.15, 0.2) is 0 Å². The molecule has 0 aromatic heterocycles. The van der Waals surface area contributed by atoms with E-state index in [1.807, 2.05) is 0 Å². The number of fused-ring (bicyclic) bond motifs is 2. The summed E-state index contributed by atoms with van der Waals surface area (Å²) >= 11 is 0. The van der Waals surface area contributed by atoms with Crippen LogP contribution in [0.25, 0.3) is 0 Å². The maximum absolute atomic E-state index is 5.66. The van der Waals surface area contributed by atoms with Crippen molar-refractivity contribution in [2.75, 3.05) is 13.7 Å². The van der Waals surface area contributed by atoms with Gasteiger partial charge < -0.3 is 9.47 Å². The normalized spacial score (nSPS) is 43.1. The molecule has 0 radical (unpaired) electrons. The Balaban J connectivity index is 2.09. The van der Waals surface area contributed by atoms with Gasteiger partial charge in [0.05, 0.1) is 12.7 Å². The summed E-state index contributed by atoms with van der Waals surface area (Å²) in [6, 6.07) is 0. The first-order chi connectivity index (χ1) is 4.85. The SMILES string of the molecule is COCC12C=CC(CC1)O2. The van der Waals surface area contributed by atoms with Crippen molar-refractivity contribution in [1.29, 1.82) is 0 Å². The largest absolute Gasteiger partial charge is 0.381 e. The molecule has 0 aromatic carbocycles. The Kier molecular flexibility index (Phi) is 1.32. The molecular weight excluding hydrogens is 128 g/mol. The lowest BCUT2D eigenvalue weighted by Crippen LogP contribution is -2.28. The minimum Gasteiger partial charge on any atom is -0.381 e. The second-order valence-corrected chi connectivity index (χ2v) is 3.05. The van der Waals surface area contributed by atoms with Gasteiger partial charge in [0.25, 0.3) is 0 Å². The van der Waals surface area contributed by atoms with E-state index in [-0.39, 0.29) is 5.60 Å². The molecule has 2 rings (SSSR count). The van der Waals surface area contributed by atoms with Crippen molar-refractivity contribution in [2.24, 2.45) is 0 Å². The Morgan fingerprint density at radius 2 is 2.70 bits per heavy atom. The van der Waals surface area contributed by atoms with E-state index in [1.54, 1.807) is 7.11 Å². The van der Waals surface area contributed by atoms with E-state index in [0.717, 1.165) is 6.42 Å². The lowest BCUT2D eigenvalue weighted by Gasteiger charge is -2.20. The zero-order valence-electron chi connectivity index (χ0n) is 6.17. The lowest BCUT2D eigenvalue weighted by atomic mass is 9.96. The summed E-state index contributed by atoms with van der Waals surface area (Å²) in [5.41, 5.74) is -0.0422. The quantitative estimate of drug-likeness (QED) is 0.535. The standard InChI is InChI=1S/C8H12O2/c1-9-6-8-4-2-7(10-8)3-5-8/h2,4,7H,3,5-6H2,1H3. The molecule has 2 aliphatic rings. The van der Waals surface area contributed by atoms with E-state index >= 15 is 0 Å².